The highest BCUT2D eigenvalue weighted by atomic mass is 16.5. The van der Waals surface area contributed by atoms with E-state index in [1.807, 2.05) is 25.1 Å². The number of carboxylic acid groups (broad SMARTS) is 1. The number of nitrogens with zero attached hydrogens (tertiary/aromatic N) is 1. The largest absolute Gasteiger partial charge is 0.480 e. The van der Waals surface area contributed by atoms with Gasteiger partial charge in [0.1, 0.15) is 5.41 Å². The van der Waals surface area contributed by atoms with Crippen molar-refractivity contribution in [3.05, 3.63) is 36.0 Å². The van der Waals surface area contributed by atoms with Crippen molar-refractivity contribution in [1.29, 1.82) is 0 Å². The van der Waals surface area contributed by atoms with E-state index in [2.05, 4.69) is 10.3 Å². The highest BCUT2D eigenvalue weighted by molar-refractivity contribution is 6.11. The number of pyridine rings is 1. The van der Waals surface area contributed by atoms with Crippen LogP contribution < -0.4 is 11.1 Å². The summed E-state index contributed by atoms with van der Waals surface area (Å²) in [6.45, 7) is 1.86. The average Bonchev–Trinajstić information content (AvgIpc) is 2.62. The number of ether oxygens (including phenoxy) is 1. The Kier molecular flexibility index (Phi) is 4.93. The molecule has 2 aromatic rings. The molecule has 0 spiro atoms. The van der Waals surface area contributed by atoms with Gasteiger partial charge in [-0.05, 0) is 31.9 Å². The minimum absolute atomic E-state index is 0.0447. The second-order valence-corrected chi connectivity index (χ2v) is 6.85. The summed E-state index contributed by atoms with van der Waals surface area (Å²) in [5.74, 6) is -1.72. The van der Waals surface area contributed by atoms with Crippen molar-refractivity contribution in [2.24, 2.45) is 11.1 Å². The Bertz CT molecular complexity index is 854. The number of aromatic nitrogens is 1. The van der Waals surface area contributed by atoms with Gasteiger partial charge >= 0.3 is 5.97 Å². The quantitative estimate of drug-likeness (QED) is 0.722. The molecule has 0 aliphatic heterocycles. The van der Waals surface area contributed by atoms with Crippen LogP contribution in [0.1, 0.15) is 25.0 Å². The topological polar surface area (TPSA) is 115 Å². The highest BCUT2D eigenvalue weighted by Gasteiger charge is 2.51. The molecule has 1 fully saturated rings. The fraction of sp³-hybridized carbons (Fsp3) is 0.421. The maximum Gasteiger partial charge on any atom is 0.319 e. The first kappa shape index (κ1) is 18.3. The number of hydrogen-bond acceptors (Lipinski definition) is 5. The van der Waals surface area contributed by atoms with E-state index >= 15 is 0 Å². The van der Waals surface area contributed by atoms with Crippen LogP contribution in [0.5, 0.6) is 0 Å². The number of aliphatic carboxylic acids is 1. The molecule has 1 aliphatic carbocycles. The number of methoxy groups -OCH3 is 1. The molecule has 1 amide bonds. The molecular formula is C19H23N3O4. The molecular weight excluding hydrogens is 334 g/mol. The van der Waals surface area contributed by atoms with E-state index in [1.165, 1.54) is 7.11 Å². The van der Waals surface area contributed by atoms with Gasteiger partial charge in [0.15, 0.2) is 0 Å². The predicted molar refractivity (Wildman–Crippen MR) is 97.8 cm³/mol. The van der Waals surface area contributed by atoms with Crippen LogP contribution in [0, 0.1) is 12.3 Å². The van der Waals surface area contributed by atoms with Crippen LogP contribution in [0.15, 0.2) is 30.3 Å². The molecule has 0 radical (unpaired) electrons. The molecule has 138 valence electrons. The van der Waals surface area contributed by atoms with Gasteiger partial charge < -0.3 is 20.9 Å². The average molecular weight is 357 g/mol. The third-order valence-corrected chi connectivity index (χ3v) is 5.19. The van der Waals surface area contributed by atoms with Crippen molar-refractivity contribution in [1.82, 2.24) is 4.98 Å². The number of para-hydroxylation sites is 1. The van der Waals surface area contributed by atoms with E-state index in [1.54, 1.807) is 12.1 Å². The maximum absolute atomic E-state index is 13.0. The second-order valence-electron chi connectivity index (χ2n) is 6.85. The molecule has 0 saturated heterocycles. The molecule has 0 unspecified atom stereocenters. The molecule has 0 bridgehead atoms. The number of carbonyl (C=O) groups excluding carboxylic acids is 1. The Morgan fingerprint density at radius 1 is 1.35 bits per heavy atom. The summed E-state index contributed by atoms with van der Waals surface area (Å²) >= 11 is 0. The Morgan fingerprint density at radius 2 is 2.12 bits per heavy atom. The summed E-state index contributed by atoms with van der Waals surface area (Å²) in [6, 6.07) is 8.95. The first-order valence-corrected chi connectivity index (χ1v) is 8.57. The summed E-state index contributed by atoms with van der Waals surface area (Å²) in [4.78, 5) is 29.5. The van der Waals surface area contributed by atoms with Gasteiger partial charge in [-0.3, -0.25) is 14.6 Å². The van der Waals surface area contributed by atoms with Crippen molar-refractivity contribution >= 4 is 28.5 Å². The SMILES string of the molecule is CO[C@@H]1C[C@@](C(=O)O)(C(=O)Nc2cccc3ccc(C)nc23)CC[C@H]1N. The number of rotatable bonds is 4. The van der Waals surface area contributed by atoms with Crippen molar-refractivity contribution in [2.75, 3.05) is 12.4 Å². The van der Waals surface area contributed by atoms with Gasteiger partial charge in [0.25, 0.3) is 0 Å². The van der Waals surface area contributed by atoms with E-state index in [0.29, 0.717) is 17.6 Å². The minimum atomic E-state index is -1.57. The number of carboxylic acids is 1. The summed E-state index contributed by atoms with van der Waals surface area (Å²) in [6.07, 6.45) is 0.152. The first-order valence-electron chi connectivity index (χ1n) is 8.57. The van der Waals surface area contributed by atoms with Crippen LogP contribution in [0.3, 0.4) is 0 Å². The van der Waals surface area contributed by atoms with Crippen molar-refractivity contribution in [2.45, 2.75) is 38.3 Å². The van der Waals surface area contributed by atoms with Crippen LogP contribution >= 0.6 is 0 Å². The lowest BCUT2D eigenvalue weighted by atomic mass is 9.70. The lowest BCUT2D eigenvalue weighted by molar-refractivity contribution is -0.160. The van der Waals surface area contributed by atoms with Crippen LogP contribution in [0.4, 0.5) is 5.69 Å². The zero-order chi connectivity index (χ0) is 18.9. The summed E-state index contributed by atoms with van der Waals surface area (Å²) in [5, 5.41) is 13.5. The number of benzene rings is 1. The number of carbonyl (C=O) groups is 2. The Labute approximate surface area is 151 Å². The molecule has 7 nitrogen and oxygen atoms in total. The molecule has 1 aromatic heterocycles. The second kappa shape index (κ2) is 7.01. The first-order chi connectivity index (χ1) is 12.4. The van der Waals surface area contributed by atoms with Gasteiger partial charge in [-0.15, -0.1) is 0 Å². The van der Waals surface area contributed by atoms with E-state index in [0.717, 1.165) is 11.1 Å². The van der Waals surface area contributed by atoms with Crippen LogP contribution in [-0.2, 0) is 14.3 Å². The number of hydrogen-bond donors (Lipinski definition) is 3. The number of amides is 1. The van der Waals surface area contributed by atoms with Gasteiger partial charge in [-0.2, -0.15) is 0 Å². The zero-order valence-corrected chi connectivity index (χ0v) is 14.9. The maximum atomic E-state index is 13.0. The predicted octanol–water partition coefficient (Wildman–Crippen LogP) is 2.08. The van der Waals surface area contributed by atoms with Crippen LogP contribution in [0.25, 0.3) is 10.9 Å². The molecule has 1 heterocycles. The molecule has 26 heavy (non-hydrogen) atoms. The fourth-order valence-corrected chi connectivity index (χ4v) is 3.54. The molecule has 3 rings (SSSR count). The molecule has 4 N–H and O–H groups in total. The highest BCUT2D eigenvalue weighted by Crippen LogP contribution is 2.39. The summed E-state index contributed by atoms with van der Waals surface area (Å²) in [7, 11) is 1.48. The number of aryl methyl sites for hydroxylation is 1. The van der Waals surface area contributed by atoms with Crippen molar-refractivity contribution in [3.63, 3.8) is 0 Å². The number of fused-ring (bicyclic) bond motifs is 1. The number of nitrogens with one attached hydrogen (secondary N) is 1. The lowest BCUT2D eigenvalue weighted by Crippen LogP contribution is -2.54. The van der Waals surface area contributed by atoms with Gasteiger partial charge in [-0.1, -0.05) is 18.2 Å². The number of nitrogens with two attached hydrogens (primary N) is 1. The van der Waals surface area contributed by atoms with Crippen LogP contribution in [0.2, 0.25) is 0 Å². The van der Waals surface area contributed by atoms with Crippen molar-refractivity contribution in [3.8, 4) is 0 Å². The smallest absolute Gasteiger partial charge is 0.319 e. The van der Waals surface area contributed by atoms with Crippen molar-refractivity contribution < 1.29 is 19.4 Å². The molecule has 7 heteroatoms. The van der Waals surface area contributed by atoms with E-state index in [-0.39, 0.29) is 18.9 Å². The van der Waals surface area contributed by atoms with Gasteiger partial charge in [0.2, 0.25) is 5.91 Å². The third-order valence-electron chi connectivity index (χ3n) is 5.19. The normalized spacial score (nSPS) is 25.8. The monoisotopic (exact) mass is 357 g/mol. The van der Waals surface area contributed by atoms with E-state index in [4.69, 9.17) is 10.5 Å². The fourth-order valence-electron chi connectivity index (χ4n) is 3.54. The Hall–Kier alpha value is -2.51. The minimum Gasteiger partial charge on any atom is -0.480 e. The van der Waals surface area contributed by atoms with Gasteiger partial charge in [-0.25, -0.2) is 0 Å². The Morgan fingerprint density at radius 3 is 2.81 bits per heavy atom. The van der Waals surface area contributed by atoms with E-state index in [9.17, 15) is 14.7 Å². The van der Waals surface area contributed by atoms with Gasteiger partial charge in [0.05, 0.1) is 17.3 Å². The lowest BCUT2D eigenvalue weighted by Gasteiger charge is -2.38. The van der Waals surface area contributed by atoms with E-state index < -0.39 is 23.4 Å². The molecule has 1 aliphatic rings. The zero-order valence-electron chi connectivity index (χ0n) is 14.9. The summed E-state index contributed by atoms with van der Waals surface area (Å²) in [5.41, 5.74) is 6.38. The molecule has 1 saturated carbocycles. The summed E-state index contributed by atoms with van der Waals surface area (Å²) < 4.78 is 5.31. The third kappa shape index (κ3) is 3.15. The molecule has 1 aromatic carbocycles. The van der Waals surface area contributed by atoms with Crippen LogP contribution in [-0.4, -0.2) is 41.2 Å². The van der Waals surface area contributed by atoms with Gasteiger partial charge in [0, 0.05) is 30.7 Å². The Balaban J connectivity index is 1.95. The standard InChI is InChI=1S/C19H23N3O4/c1-11-6-7-12-4-3-5-14(16(12)21-11)22-17(23)19(18(24)25)9-8-13(20)15(10-19)26-2/h3-7,13,15H,8-10,20H2,1-2H3,(H,22,23)(H,24,25)/t13-,15-,19-/m1/s1. The number of anilines is 1. The molecule has 3 atom stereocenters.